The number of hydrogen-bond donors (Lipinski definition) is 0. The number of hydroxylamine groups is 2. The summed E-state index contributed by atoms with van der Waals surface area (Å²) in [5, 5.41) is 1.93. The van der Waals surface area contributed by atoms with Gasteiger partial charge in [-0.05, 0) is 32.4 Å². The Labute approximate surface area is 80.1 Å². The fraction of sp³-hybridized carbons (Fsp3) is 0.455. The van der Waals surface area contributed by atoms with Crippen LogP contribution in [-0.4, -0.2) is 13.1 Å². The van der Waals surface area contributed by atoms with E-state index in [-0.39, 0.29) is 0 Å². The van der Waals surface area contributed by atoms with Crippen LogP contribution in [0.4, 0.5) is 0 Å². The molecule has 1 aromatic carbocycles. The van der Waals surface area contributed by atoms with Gasteiger partial charge in [-0.2, -0.15) is 0 Å². The third-order valence-corrected chi connectivity index (χ3v) is 2.03. The fourth-order valence-corrected chi connectivity index (χ4v) is 1.15. The minimum Gasteiger partial charge on any atom is -0.261 e. The highest BCUT2D eigenvalue weighted by Gasteiger charge is 2.13. The van der Waals surface area contributed by atoms with Crippen LogP contribution in [0.2, 0.25) is 0 Å². The lowest BCUT2D eigenvalue weighted by atomic mass is 10.2. The lowest BCUT2D eigenvalue weighted by Gasteiger charge is -2.08. The van der Waals surface area contributed by atoms with Gasteiger partial charge in [-0.1, -0.05) is 18.2 Å². The van der Waals surface area contributed by atoms with Gasteiger partial charge in [0.1, 0.15) is 0 Å². The summed E-state index contributed by atoms with van der Waals surface area (Å²) in [6.45, 7) is 8.04. The zero-order valence-corrected chi connectivity index (χ0v) is 8.58. The molecule has 0 heterocycles. The third-order valence-electron chi connectivity index (χ3n) is 2.03. The maximum absolute atomic E-state index is 5.68. The summed E-state index contributed by atoms with van der Waals surface area (Å²) in [6.07, 6.45) is 0. The second kappa shape index (κ2) is 4.87. The molecule has 0 unspecified atom stereocenters. The fourth-order valence-electron chi connectivity index (χ4n) is 1.15. The Kier molecular flexibility index (Phi) is 3.77. The van der Waals surface area contributed by atoms with E-state index in [2.05, 4.69) is 26.8 Å². The van der Waals surface area contributed by atoms with E-state index in [0.29, 0.717) is 0 Å². The summed E-state index contributed by atoms with van der Waals surface area (Å²) in [4.78, 5) is 5.68. The molecule has 2 nitrogen and oxygen atoms in total. The third kappa shape index (κ3) is 2.74. The highest BCUT2D eigenvalue weighted by Crippen LogP contribution is 2.16. The molecule has 0 atom stereocenters. The van der Waals surface area contributed by atoms with Gasteiger partial charge in [0.25, 0.3) is 0 Å². The summed E-state index contributed by atoms with van der Waals surface area (Å²) >= 11 is 0. The predicted molar refractivity (Wildman–Crippen MR) is 55.0 cm³/mol. The Morgan fingerprint density at radius 2 is 1.77 bits per heavy atom. The van der Waals surface area contributed by atoms with Gasteiger partial charge in [0.15, 0.2) is 13.1 Å². The Hall–Kier alpha value is -1.02. The first-order valence-corrected chi connectivity index (χ1v) is 4.76. The van der Waals surface area contributed by atoms with Crippen molar-refractivity contribution in [2.45, 2.75) is 20.8 Å². The second-order valence-electron chi connectivity index (χ2n) is 2.97. The lowest BCUT2D eigenvalue weighted by Crippen LogP contribution is -2.33. The van der Waals surface area contributed by atoms with Gasteiger partial charge in [-0.25, -0.2) is 0 Å². The van der Waals surface area contributed by atoms with Crippen LogP contribution in [0, 0.1) is 6.92 Å². The van der Waals surface area contributed by atoms with Crippen molar-refractivity contribution < 1.29 is 4.84 Å². The average Bonchev–Trinajstić information content (AvgIpc) is 2.17. The molecule has 0 aliphatic carbocycles. The van der Waals surface area contributed by atoms with Crippen LogP contribution >= 0.6 is 0 Å². The molecule has 0 aliphatic rings. The normalized spacial score (nSPS) is 10.5. The first-order chi connectivity index (χ1) is 6.27. The molecule has 71 valence electrons. The Bertz CT molecular complexity index is 256. The van der Waals surface area contributed by atoms with E-state index in [1.165, 1.54) is 5.56 Å². The maximum Gasteiger partial charge on any atom is 0.200 e. The van der Waals surface area contributed by atoms with Gasteiger partial charge in [-0.3, -0.25) is 4.84 Å². The molecule has 2 heteroatoms. The quantitative estimate of drug-likeness (QED) is 0.512. The zero-order chi connectivity index (χ0) is 9.68. The van der Waals surface area contributed by atoms with E-state index in [1.807, 2.05) is 23.3 Å². The summed E-state index contributed by atoms with van der Waals surface area (Å²) < 4.78 is 0. The van der Waals surface area contributed by atoms with E-state index in [9.17, 15) is 0 Å². The molecule has 0 amide bonds. The van der Waals surface area contributed by atoms with E-state index >= 15 is 0 Å². The smallest absolute Gasteiger partial charge is 0.200 e. The van der Waals surface area contributed by atoms with Crippen LogP contribution < -0.4 is 9.90 Å². The monoisotopic (exact) mass is 179 g/mol. The van der Waals surface area contributed by atoms with Crippen molar-refractivity contribution in [2.75, 3.05) is 13.1 Å². The summed E-state index contributed by atoms with van der Waals surface area (Å²) in [6, 6.07) is 8.06. The predicted octanol–water partition coefficient (Wildman–Crippen LogP) is 2.47. The van der Waals surface area contributed by atoms with Crippen LogP contribution in [-0.2, 0) is 0 Å². The van der Waals surface area contributed by atoms with Gasteiger partial charge in [0.2, 0.25) is 5.75 Å². The minimum absolute atomic E-state index is 0.908. The number of benzene rings is 1. The van der Waals surface area contributed by atoms with Gasteiger partial charge >= 0.3 is 0 Å². The van der Waals surface area contributed by atoms with E-state index in [0.717, 1.165) is 18.8 Å². The van der Waals surface area contributed by atoms with Gasteiger partial charge in [0, 0.05) is 5.06 Å². The molecule has 1 rings (SSSR count). The van der Waals surface area contributed by atoms with E-state index in [1.54, 1.807) is 0 Å². The maximum atomic E-state index is 5.68. The van der Waals surface area contributed by atoms with Crippen molar-refractivity contribution in [3.05, 3.63) is 29.8 Å². The summed E-state index contributed by atoms with van der Waals surface area (Å²) in [7, 11) is 0. The van der Waals surface area contributed by atoms with Crippen molar-refractivity contribution in [1.29, 1.82) is 0 Å². The molecule has 0 bridgehead atoms. The molecular formula is C11H17NO+. The van der Waals surface area contributed by atoms with Crippen molar-refractivity contribution in [2.24, 2.45) is 0 Å². The summed E-state index contributed by atoms with van der Waals surface area (Å²) in [5.41, 5.74) is 1.18. The highest BCUT2D eigenvalue weighted by atomic mass is 16.7. The van der Waals surface area contributed by atoms with Crippen LogP contribution in [0.1, 0.15) is 19.4 Å². The number of para-hydroxylation sites is 1. The van der Waals surface area contributed by atoms with Gasteiger partial charge in [-0.15, -0.1) is 0 Å². The molecule has 1 aromatic rings. The highest BCUT2D eigenvalue weighted by molar-refractivity contribution is 5.31. The van der Waals surface area contributed by atoms with Gasteiger partial charge in [0.05, 0.1) is 0 Å². The number of nitrogens with zero attached hydrogens (tertiary/aromatic N) is 1. The molecule has 1 radical (unpaired) electrons. The second-order valence-corrected chi connectivity index (χ2v) is 2.97. The molecule has 0 fully saturated rings. The average molecular weight is 179 g/mol. The SMILES string of the molecule is CC[N+](CC)Oc1ccccc1C. The minimum atomic E-state index is 0.908. The molecule has 0 saturated heterocycles. The van der Waals surface area contributed by atoms with Crippen molar-refractivity contribution in [1.82, 2.24) is 5.06 Å². The Balaban J connectivity index is 2.67. The van der Waals surface area contributed by atoms with Crippen LogP contribution in [0.3, 0.4) is 0 Å². The first-order valence-electron chi connectivity index (χ1n) is 4.76. The van der Waals surface area contributed by atoms with Gasteiger partial charge < -0.3 is 0 Å². The van der Waals surface area contributed by atoms with Crippen molar-refractivity contribution >= 4 is 0 Å². The zero-order valence-electron chi connectivity index (χ0n) is 8.58. The topological polar surface area (TPSA) is 15.1 Å². The molecule has 0 aromatic heterocycles. The molecule has 0 aliphatic heterocycles. The molecule has 0 N–H and O–H groups in total. The Morgan fingerprint density at radius 1 is 1.15 bits per heavy atom. The number of hydrogen-bond acceptors (Lipinski definition) is 2. The molecule has 13 heavy (non-hydrogen) atoms. The number of rotatable bonds is 4. The standard InChI is InChI=1S/C11H17NO/c1-4-12(5-2)13-11-9-7-6-8-10(11)3/h6-9H,4-5H2,1-3H3/q+1. The summed E-state index contributed by atoms with van der Waals surface area (Å²) in [5.74, 6) is 0.950. The lowest BCUT2D eigenvalue weighted by molar-refractivity contribution is 0.0551. The molecule has 0 spiro atoms. The van der Waals surface area contributed by atoms with E-state index in [4.69, 9.17) is 4.84 Å². The Morgan fingerprint density at radius 3 is 2.31 bits per heavy atom. The van der Waals surface area contributed by atoms with Crippen LogP contribution in [0.25, 0.3) is 0 Å². The van der Waals surface area contributed by atoms with Crippen molar-refractivity contribution in [3.63, 3.8) is 0 Å². The molecular weight excluding hydrogens is 162 g/mol. The largest absolute Gasteiger partial charge is 0.261 e. The van der Waals surface area contributed by atoms with Crippen molar-refractivity contribution in [3.8, 4) is 5.75 Å². The van der Waals surface area contributed by atoms with Crippen LogP contribution in [0.5, 0.6) is 5.75 Å². The van der Waals surface area contributed by atoms with Crippen LogP contribution in [0.15, 0.2) is 24.3 Å². The number of aryl methyl sites for hydroxylation is 1. The molecule has 0 saturated carbocycles. The van der Waals surface area contributed by atoms with E-state index < -0.39 is 0 Å². The first kappa shape index (κ1) is 10.1.